The molecular formula is C17H16N4OS2. The number of aromatic nitrogens is 3. The van der Waals surface area contributed by atoms with E-state index in [2.05, 4.69) is 51.5 Å². The summed E-state index contributed by atoms with van der Waals surface area (Å²) in [5.41, 5.74) is 3.22. The second-order valence-electron chi connectivity index (χ2n) is 4.96. The number of aryl methyl sites for hydroxylation is 1. The molecule has 0 aliphatic carbocycles. The third kappa shape index (κ3) is 4.39. The Morgan fingerprint density at radius 1 is 1.21 bits per heavy atom. The lowest BCUT2D eigenvalue weighted by Crippen LogP contribution is -2.14. The standard InChI is InChI=1S/C17H16N4OS2/c1-2-12-4-6-13(7-5-12)14-10-23-17(20-14)21-15(22)11-24-16-18-8-3-9-19-16/h3-10H,2,11H2,1H3,(H,20,21,22). The van der Waals surface area contributed by atoms with Crippen molar-refractivity contribution in [3.8, 4) is 11.3 Å². The predicted octanol–water partition coefficient (Wildman–Crippen LogP) is 3.89. The summed E-state index contributed by atoms with van der Waals surface area (Å²) < 4.78 is 0. The van der Waals surface area contributed by atoms with Crippen molar-refractivity contribution in [1.82, 2.24) is 15.0 Å². The summed E-state index contributed by atoms with van der Waals surface area (Å²) in [6.07, 6.45) is 4.33. The van der Waals surface area contributed by atoms with Crippen molar-refractivity contribution < 1.29 is 4.79 Å². The molecule has 7 heteroatoms. The molecule has 3 aromatic rings. The van der Waals surface area contributed by atoms with Crippen molar-refractivity contribution in [3.05, 3.63) is 53.7 Å². The van der Waals surface area contributed by atoms with E-state index in [4.69, 9.17) is 0 Å². The fourth-order valence-corrected chi connectivity index (χ4v) is 3.36. The lowest BCUT2D eigenvalue weighted by molar-refractivity contribution is -0.113. The van der Waals surface area contributed by atoms with Gasteiger partial charge in [0.2, 0.25) is 5.91 Å². The quantitative estimate of drug-likeness (QED) is 0.536. The number of hydrogen-bond acceptors (Lipinski definition) is 6. The molecule has 0 atom stereocenters. The number of nitrogens with zero attached hydrogens (tertiary/aromatic N) is 3. The monoisotopic (exact) mass is 356 g/mol. The maximum absolute atomic E-state index is 12.0. The van der Waals surface area contributed by atoms with Gasteiger partial charge >= 0.3 is 0 Å². The van der Waals surface area contributed by atoms with Crippen LogP contribution in [0.4, 0.5) is 5.13 Å². The molecule has 5 nitrogen and oxygen atoms in total. The van der Waals surface area contributed by atoms with Crippen LogP contribution in [0.15, 0.2) is 53.3 Å². The molecule has 3 rings (SSSR count). The Balaban J connectivity index is 1.58. The molecule has 0 fully saturated rings. The van der Waals surface area contributed by atoms with E-state index in [0.29, 0.717) is 10.3 Å². The minimum atomic E-state index is -0.116. The Morgan fingerprint density at radius 3 is 2.67 bits per heavy atom. The van der Waals surface area contributed by atoms with Crippen LogP contribution < -0.4 is 5.32 Å². The van der Waals surface area contributed by atoms with Crippen molar-refractivity contribution >= 4 is 34.1 Å². The Labute approximate surface area is 148 Å². The maximum Gasteiger partial charge on any atom is 0.236 e. The number of rotatable bonds is 6. The molecule has 0 saturated carbocycles. The zero-order chi connectivity index (χ0) is 16.8. The van der Waals surface area contributed by atoms with Crippen LogP contribution in [-0.4, -0.2) is 26.6 Å². The van der Waals surface area contributed by atoms with Crippen LogP contribution in [0.1, 0.15) is 12.5 Å². The number of benzene rings is 1. The number of nitrogens with one attached hydrogen (secondary N) is 1. The largest absolute Gasteiger partial charge is 0.301 e. The zero-order valence-electron chi connectivity index (χ0n) is 13.1. The van der Waals surface area contributed by atoms with Crippen LogP contribution in [-0.2, 0) is 11.2 Å². The number of thiazole rings is 1. The Kier molecular flexibility index (Phi) is 5.55. The van der Waals surface area contributed by atoms with E-state index in [1.165, 1.54) is 28.7 Å². The zero-order valence-corrected chi connectivity index (χ0v) is 14.7. The fourth-order valence-electron chi connectivity index (χ4n) is 2.02. The van der Waals surface area contributed by atoms with Gasteiger partial charge in [0.1, 0.15) is 0 Å². The van der Waals surface area contributed by atoms with Gasteiger partial charge in [0.15, 0.2) is 10.3 Å². The Morgan fingerprint density at radius 2 is 1.96 bits per heavy atom. The van der Waals surface area contributed by atoms with Crippen molar-refractivity contribution in [2.75, 3.05) is 11.1 Å². The highest BCUT2D eigenvalue weighted by molar-refractivity contribution is 7.99. The summed E-state index contributed by atoms with van der Waals surface area (Å²) in [4.78, 5) is 24.6. The topological polar surface area (TPSA) is 67.8 Å². The summed E-state index contributed by atoms with van der Waals surface area (Å²) in [6.45, 7) is 2.13. The SMILES string of the molecule is CCc1ccc(-c2csc(NC(=O)CSc3ncccn3)n2)cc1. The van der Waals surface area contributed by atoms with Gasteiger partial charge in [0.05, 0.1) is 11.4 Å². The van der Waals surface area contributed by atoms with Gasteiger partial charge < -0.3 is 5.32 Å². The number of anilines is 1. The third-order valence-corrected chi connectivity index (χ3v) is 4.92. The van der Waals surface area contributed by atoms with Crippen LogP contribution in [0.5, 0.6) is 0 Å². The molecule has 2 aromatic heterocycles. The van der Waals surface area contributed by atoms with E-state index in [9.17, 15) is 4.79 Å². The molecule has 0 unspecified atom stereocenters. The van der Waals surface area contributed by atoms with Crippen molar-refractivity contribution in [2.24, 2.45) is 0 Å². The van der Waals surface area contributed by atoms with E-state index in [0.717, 1.165) is 17.7 Å². The number of thioether (sulfide) groups is 1. The predicted molar refractivity (Wildman–Crippen MR) is 98.3 cm³/mol. The molecule has 1 N–H and O–H groups in total. The molecule has 122 valence electrons. The van der Waals surface area contributed by atoms with Crippen LogP contribution >= 0.6 is 23.1 Å². The summed E-state index contributed by atoms with van der Waals surface area (Å²) in [6, 6.07) is 10.1. The first-order chi connectivity index (χ1) is 11.7. The molecule has 1 amide bonds. The lowest BCUT2D eigenvalue weighted by atomic mass is 10.1. The fraction of sp³-hybridized carbons (Fsp3) is 0.176. The second kappa shape index (κ2) is 8.03. The third-order valence-electron chi connectivity index (χ3n) is 3.28. The molecular weight excluding hydrogens is 340 g/mol. The van der Waals surface area contributed by atoms with Gasteiger partial charge in [-0.1, -0.05) is 43.0 Å². The number of carbonyl (C=O) groups excluding carboxylic acids is 1. The molecule has 1 aromatic carbocycles. The normalized spacial score (nSPS) is 10.5. The highest BCUT2D eigenvalue weighted by atomic mass is 32.2. The molecule has 2 heterocycles. The van der Waals surface area contributed by atoms with Gasteiger partial charge in [-0.3, -0.25) is 4.79 Å². The summed E-state index contributed by atoms with van der Waals surface area (Å²) in [7, 11) is 0. The van der Waals surface area contributed by atoms with E-state index >= 15 is 0 Å². The first-order valence-electron chi connectivity index (χ1n) is 7.49. The van der Waals surface area contributed by atoms with Crippen molar-refractivity contribution in [3.63, 3.8) is 0 Å². The highest BCUT2D eigenvalue weighted by Crippen LogP contribution is 2.25. The second-order valence-corrected chi connectivity index (χ2v) is 6.76. The van der Waals surface area contributed by atoms with E-state index in [1.807, 2.05) is 5.38 Å². The molecule has 0 spiro atoms. The van der Waals surface area contributed by atoms with Crippen LogP contribution in [0.3, 0.4) is 0 Å². The number of hydrogen-bond donors (Lipinski definition) is 1. The Hall–Kier alpha value is -2.25. The van der Waals surface area contributed by atoms with Gasteiger partial charge in [-0.2, -0.15) is 0 Å². The van der Waals surface area contributed by atoms with E-state index in [-0.39, 0.29) is 11.7 Å². The Bertz CT molecular complexity index is 803. The first-order valence-corrected chi connectivity index (χ1v) is 9.35. The van der Waals surface area contributed by atoms with Gasteiger partial charge in [-0.05, 0) is 18.1 Å². The number of carbonyl (C=O) groups is 1. The summed E-state index contributed by atoms with van der Waals surface area (Å²) in [5.74, 6) is 0.138. The van der Waals surface area contributed by atoms with Gasteiger partial charge in [0.25, 0.3) is 0 Å². The van der Waals surface area contributed by atoms with E-state index < -0.39 is 0 Å². The molecule has 0 aliphatic heterocycles. The molecule has 0 radical (unpaired) electrons. The molecule has 0 saturated heterocycles. The van der Waals surface area contributed by atoms with Gasteiger partial charge in [0, 0.05) is 23.3 Å². The van der Waals surface area contributed by atoms with Gasteiger partial charge in [-0.15, -0.1) is 11.3 Å². The highest BCUT2D eigenvalue weighted by Gasteiger charge is 2.09. The first kappa shape index (κ1) is 16.6. The van der Waals surface area contributed by atoms with Crippen LogP contribution in [0.2, 0.25) is 0 Å². The van der Waals surface area contributed by atoms with Crippen LogP contribution in [0.25, 0.3) is 11.3 Å². The average Bonchev–Trinajstić information content (AvgIpc) is 3.09. The lowest BCUT2D eigenvalue weighted by Gasteiger charge is -2.01. The number of amides is 1. The maximum atomic E-state index is 12.0. The molecule has 24 heavy (non-hydrogen) atoms. The van der Waals surface area contributed by atoms with E-state index in [1.54, 1.807) is 18.5 Å². The average molecular weight is 356 g/mol. The minimum absolute atomic E-state index is 0.116. The smallest absolute Gasteiger partial charge is 0.236 e. The molecule has 0 bridgehead atoms. The minimum Gasteiger partial charge on any atom is -0.301 e. The summed E-state index contributed by atoms with van der Waals surface area (Å²) >= 11 is 2.72. The molecule has 0 aliphatic rings. The van der Waals surface area contributed by atoms with Crippen molar-refractivity contribution in [2.45, 2.75) is 18.5 Å². The van der Waals surface area contributed by atoms with Crippen molar-refractivity contribution in [1.29, 1.82) is 0 Å². The van der Waals surface area contributed by atoms with Crippen LogP contribution in [0, 0.1) is 0 Å². The van der Waals surface area contributed by atoms with Gasteiger partial charge in [-0.25, -0.2) is 15.0 Å². The summed E-state index contributed by atoms with van der Waals surface area (Å²) in [5, 5.41) is 5.95.